The van der Waals surface area contributed by atoms with Crippen molar-refractivity contribution in [3.8, 4) is 0 Å². The third-order valence-electron chi connectivity index (χ3n) is 3.34. The highest BCUT2D eigenvalue weighted by Crippen LogP contribution is 2.25. The van der Waals surface area contributed by atoms with E-state index in [0.29, 0.717) is 11.3 Å². The maximum Gasteiger partial charge on any atom is 0.0611 e. The first-order chi connectivity index (χ1) is 9.34. The second-order valence-electron chi connectivity index (χ2n) is 6.33. The summed E-state index contributed by atoms with van der Waals surface area (Å²) in [4.78, 5) is 0. The van der Waals surface area contributed by atoms with Crippen LogP contribution in [-0.4, -0.2) is 28.5 Å². The van der Waals surface area contributed by atoms with E-state index in [9.17, 15) is 5.11 Å². The van der Waals surface area contributed by atoms with Gasteiger partial charge in [-0.3, -0.25) is 0 Å². The minimum Gasteiger partial charge on any atom is -0.394 e. The van der Waals surface area contributed by atoms with Gasteiger partial charge in [-0.2, -0.15) is 11.8 Å². The molecule has 20 heavy (non-hydrogen) atoms. The Morgan fingerprint density at radius 2 is 2.00 bits per heavy atom. The number of hydrogen-bond donors (Lipinski definition) is 2. The second kappa shape index (κ2) is 8.06. The molecule has 3 heteroatoms. The van der Waals surface area contributed by atoms with E-state index < -0.39 is 0 Å². The summed E-state index contributed by atoms with van der Waals surface area (Å²) in [6.45, 7) is 10.9. The predicted molar refractivity (Wildman–Crippen MR) is 90.3 cm³/mol. The van der Waals surface area contributed by atoms with Crippen molar-refractivity contribution >= 4 is 11.8 Å². The van der Waals surface area contributed by atoms with Crippen LogP contribution in [0.4, 0.5) is 0 Å². The van der Waals surface area contributed by atoms with Crippen molar-refractivity contribution in [2.24, 2.45) is 0 Å². The van der Waals surface area contributed by atoms with Crippen molar-refractivity contribution in [1.82, 2.24) is 5.32 Å². The van der Waals surface area contributed by atoms with E-state index in [-0.39, 0.29) is 12.1 Å². The first-order valence-electron chi connectivity index (χ1n) is 7.40. The summed E-state index contributed by atoms with van der Waals surface area (Å²) in [5.74, 6) is 1.03. The number of aliphatic hydroxyl groups excluding tert-OH is 1. The Bertz CT molecular complexity index is 408. The van der Waals surface area contributed by atoms with E-state index in [2.05, 4.69) is 64.2 Å². The van der Waals surface area contributed by atoms with Gasteiger partial charge in [0.2, 0.25) is 0 Å². The van der Waals surface area contributed by atoms with Crippen LogP contribution in [0.25, 0.3) is 0 Å². The Kier molecular flexibility index (Phi) is 7.07. The Labute approximate surface area is 128 Å². The average molecular weight is 295 g/mol. The van der Waals surface area contributed by atoms with Gasteiger partial charge in [0.1, 0.15) is 0 Å². The number of aryl methyl sites for hydroxylation is 1. The van der Waals surface area contributed by atoms with E-state index in [1.54, 1.807) is 0 Å². The molecule has 0 fully saturated rings. The van der Waals surface area contributed by atoms with Crippen LogP contribution in [0, 0.1) is 6.92 Å². The topological polar surface area (TPSA) is 32.3 Å². The Balaban J connectivity index is 2.48. The molecule has 0 aliphatic rings. The molecule has 2 unspecified atom stereocenters. The van der Waals surface area contributed by atoms with Gasteiger partial charge >= 0.3 is 0 Å². The lowest BCUT2D eigenvalue weighted by atomic mass is 9.96. The predicted octanol–water partition coefficient (Wildman–Crippen LogP) is 3.76. The molecule has 0 saturated carbocycles. The third kappa shape index (κ3) is 6.29. The lowest BCUT2D eigenvalue weighted by molar-refractivity contribution is 0.157. The van der Waals surface area contributed by atoms with Gasteiger partial charge in [-0.25, -0.2) is 0 Å². The molecule has 0 heterocycles. The maximum absolute atomic E-state index is 9.63. The summed E-state index contributed by atoms with van der Waals surface area (Å²) in [6.07, 6.45) is 0.970. The molecular weight excluding hydrogens is 266 g/mol. The summed E-state index contributed by atoms with van der Waals surface area (Å²) < 4.78 is 0. The number of hydrogen-bond acceptors (Lipinski definition) is 3. The first kappa shape index (κ1) is 17.5. The quantitative estimate of drug-likeness (QED) is 0.766. The highest BCUT2D eigenvalue weighted by molar-refractivity contribution is 7.99. The number of benzene rings is 1. The molecule has 1 aromatic carbocycles. The third-order valence-corrected chi connectivity index (χ3v) is 4.58. The molecule has 2 N–H and O–H groups in total. The standard InChI is InChI=1S/C17H29NOS/c1-13(2)18-17(5,12-19)10-15(4)20-11-16-8-6-7-14(3)9-16/h6-9,13,15,18-19H,10-12H2,1-5H3. The monoisotopic (exact) mass is 295 g/mol. The molecule has 0 amide bonds. The minimum atomic E-state index is -0.187. The largest absolute Gasteiger partial charge is 0.394 e. The zero-order valence-corrected chi connectivity index (χ0v) is 14.3. The van der Waals surface area contributed by atoms with Gasteiger partial charge in [0, 0.05) is 22.6 Å². The van der Waals surface area contributed by atoms with Gasteiger partial charge in [0.25, 0.3) is 0 Å². The molecule has 0 bridgehead atoms. The summed E-state index contributed by atoms with van der Waals surface area (Å²) in [6, 6.07) is 9.07. The van der Waals surface area contributed by atoms with E-state index >= 15 is 0 Å². The van der Waals surface area contributed by atoms with Crippen LogP contribution in [-0.2, 0) is 5.75 Å². The van der Waals surface area contributed by atoms with E-state index in [1.165, 1.54) is 11.1 Å². The molecule has 0 spiro atoms. The van der Waals surface area contributed by atoms with Crippen molar-refractivity contribution in [2.45, 2.75) is 63.6 Å². The Morgan fingerprint density at radius 1 is 1.30 bits per heavy atom. The van der Waals surface area contributed by atoms with E-state index in [1.807, 2.05) is 11.8 Å². The van der Waals surface area contributed by atoms with Gasteiger partial charge in [-0.15, -0.1) is 0 Å². The van der Waals surface area contributed by atoms with Crippen molar-refractivity contribution < 1.29 is 5.11 Å². The number of nitrogens with one attached hydrogen (secondary N) is 1. The average Bonchev–Trinajstić information content (AvgIpc) is 2.35. The highest BCUT2D eigenvalue weighted by Gasteiger charge is 2.26. The first-order valence-corrected chi connectivity index (χ1v) is 8.45. The molecule has 0 aliphatic heterocycles. The van der Waals surface area contributed by atoms with Crippen LogP contribution >= 0.6 is 11.8 Å². The molecule has 0 aromatic heterocycles. The summed E-state index contributed by atoms with van der Waals surface area (Å²) in [5, 5.41) is 13.6. The van der Waals surface area contributed by atoms with E-state index in [4.69, 9.17) is 0 Å². The molecule has 0 saturated heterocycles. The van der Waals surface area contributed by atoms with Gasteiger partial charge in [0.05, 0.1) is 6.61 Å². The zero-order valence-electron chi connectivity index (χ0n) is 13.4. The molecular formula is C17H29NOS. The lowest BCUT2D eigenvalue weighted by Gasteiger charge is -2.33. The number of thioether (sulfide) groups is 1. The molecule has 0 aliphatic carbocycles. The van der Waals surface area contributed by atoms with Gasteiger partial charge in [-0.1, -0.05) is 50.6 Å². The van der Waals surface area contributed by atoms with Crippen LogP contribution in [0.15, 0.2) is 24.3 Å². The van der Waals surface area contributed by atoms with Crippen molar-refractivity contribution in [1.29, 1.82) is 0 Å². The highest BCUT2D eigenvalue weighted by atomic mass is 32.2. The lowest BCUT2D eigenvalue weighted by Crippen LogP contribution is -2.50. The second-order valence-corrected chi connectivity index (χ2v) is 7.76. The maximum atomic E-state index is 9.63. The molecule has 0 radical (unpaired) electrons. The van der Waals surface area contributed by atoms with Crippen molar-refractivity contribution in [3.63, 3.8) is 0 Å². The van der Waals surface area contributed by atoms with Gasteiger partial charge in [-0.05, 0) is 25.8 Å². The Hall–Kier alpha value is -0.510. The fourth-order valence-corrected chi connectivity index (χ4v) is 3.74. The summed E-state index contributed by atoms with van der Waals surface area (Å²) in [7, 11) is 0. The number of aliphatic hydroxyl groups is 1. The summed E-state index contributed by atoms with van der Waals surface area (Å²) in [5.41, 5.74) is 2.51. The smallest absolute Gasteiger partial charge is 0.0611 e. The van der Waals surface area contributed by atoms with Crippen LogP contribution < -0.4 is 5.32 Å². The normalized spacial score (nSPS) is 16.1. The van der Waals surface area contributed by atoms with Crippen LogP contribution in [0.1, 0.15) is 45.2 Å². The molecule has 2 nitrogen and oxygen atoms in total. The molecule has 114 valence electrons. The molecule has 1 rings (SSSR count). The van der Waals surface area contributed by atoms with Crippen molar-refractivity contribution in [3.05, 3.63) is 35.4 Å². The van der Waals surface area contributed by atoms with E-state index in [0.717, 1.165) is 12.2 Å². The van der Waals surface area contributed by atoms with Gasteiger partial charge < -0.3 is 10.4 Å². The zero-order chi connectivity index (χ0) is 15.2. The molecule has 2 atom stereocenters. The SMILES string of the molecule is Cc1cccc(CSC(C)CC(C)(CO)NC(C)C)c1. The fraction of sp³-hybridized carbons (Fsp3) is 0.647. The number of rotatable bonds is 8. The van der Waals surface area contributed by atoms with Crippen LogP contribution in [0.3, 0.4) is 0 Å². The summed E-state index contributed by atoms with van der Waals surface area (Å²) >= 11 is 1.96. The van der Waals surface area contributed by atoms with Crippen LogP contribution in [0.5, 0.6) is 0 Å². The Morgan fingerprint density at radius 3 is 2.55 bits per heavy atom. The fourth-order valence-electron chi connectivity index (χ4n) is 2.60. The van der Waals surface area contributed by atoms with Crippen LogP contribution in [0.2, 0.25) is 0 Å². The minimum absolute atomic E-state index is 0.181. The van der Waals surface area contributed by atoms with Crippen molar-refractivity contribution in [2.75, 3.05) is 6.61 Å². The molecule has 1 aromatic rings. The van der Waals surface area contributed by atoms with Gasteiger partial charge in [0.15, 0.2) is 0 Å².